The average Bonchev–Trinajstić information content (AvgIpc) is 3.38. The summed E-state index contributed by atoms with van der Waals surface area (Å²) in [4.78, 5) is 5.96. The molecule has 1 saturated heterocycles. The van der Waals surface area contributed by atoms with Crippen molar-refractivity contribution in [3.05, 3.63) is 46.5 Å². The van der Waals surface area contributed by atoms with Gasteiger partial charge in [0.25, 0.3) is 0 Å². The minimum absolute atomic E-state index is 0.190. The number of aliphatic imine (C=N–C) groups is 1. The lowest BCUT2D eigenvalue weighted by molar-refractivity contribution is -0.0855. The highest BCUT2D eigenvalue weighted by Gasteiger charge is 2.32. The van der Waals surface area contributed by atoms with Crippen molar-refractivity contribution in [3.63, 3.8) is 0 Å². The van der Waals surface area contributed by atoms with Crippen LogP contribution in [0.4, 0.5) is 0 Å². The number of methoxy groups -OCH3 is 1. The molecule has 26 heavy (non-hydrogen) atoms. The maximum atomic E-state index is 5.80. The number of nitrogens with zero attached hydrogens (tertiary/aromatic N) is 1. The molecule has 2 aromatic rings. The summed E-state index contributed by atoms with van der Waals surface area (Å²) < 4.78 is 16.7. The maximum absolute atomic E-state index is 5.80. The number of hydrogen-bond donors (Lipinski definition) is 2. The fourth-order valence-corrected chi connectivity index (χ4v) is 3.56. The summed E-state index contributed by atoms with van der Waals surface area (Å²) in [7, 11) is 1.78. The van der Waals surface area contributed by atoms with Crippen LogP contribution < -0.4 is 10.6 Å². The second-order valence-corrected chi connectivity index (χ2v) is 7.39. The van der Waals surface area contributed by atoms with Crippen molar-refractivity contribution in [2.45, 2.75) is 31.4 Å². The Labute approximate surface area is 158 Å². The van der Waals surface area contributed by atoms with E-state index >= 15 is 0 Å². The Morgan fingerprint density at radius 1 is 1.27 bits per heavy atom. The largest absolute Gasteiger partial charge is 0.469 e. The molecule has 1 fully saturated rings. The third-order valence-electron chi connectivity index (χ3n) is 4.63. The summed E-state index contributed by atoms with van der Waals surface area (Å²) in [6, 6.07) is 8.05. The molecule has 142 valence electrons. The molecule has 0 aromatic carbocycles. The fourth-order valence-electron chi connectivity index (χ4n) is 2.93. The standard InChI is InChI=1S/C19H27N3O3S/c1-23-19(7-11-24-12-8-19)15-22-18(21-14-17-5-3-13-26-17)20-9-6-16-4-2-10-25-16/h2-5,10,13H,6-9,11-12,14-15H2,1H3,(H2,20,21,22). The van der Waals surface area contributed by atoms with Gasteiger partial charge in [0.05, 0.1) is 18.4 Å². The summed E-state index contributed by atoms with van der Waals surface area (Å²) >= 11 is 1.72. The molecule has 0 bridgehead atoms. The molecule has 0 unspecified atom stereocenters. The van der Waals surface area contributed by atoms with Gasteiger partial charge in [-0.3, -0.25) is 0 Å². The number of nitrogens with one attached hydrogen (secondary N) is 2. The van der Waals surface area contributed by atoms with E-state index in [2.05, 4.69) is 28.1 Å². The molecule has 0 atom stereocenters. The molecule has 2 aromatic heterocycles. The second-order valence-electron chi connectivity index (χ2n) is 6.35. The lowest BCUT2D eigenvalue weighted by Crippen LogP contribution is -2.51. The first kappa shape index (κ1) is 18.9. The van der Waals surface area contributed by atoms with Gasteiger partial charge in [0.2, 0.25) is 0 Å². The number of rotatable bonds is 8. The molecule has 7 heteroatoms. The summed E-state index contributed by atoms with van der Waals surface area (Å²) in [5.41, 5.74) is -0.190. The Kier molecular flexibility index (Phi) is 7.11. The van der Waals surface area contributed by atoms with Crippen LogP contribution in [0.3, 0.4) is 0 Å². The van der Waals surface area contributed by atoms with Gasteiger partial charge in [-0.15, -0.1) is 11.3 Å². The van der Waals surface area contributed by atoms with Gasteiger partial charge < -0.3 is 24.5 Å². The number of furan rings is 1. The quantitative estimate of drug-likeness (QED) is 0.547. The molecule has 0 spiro atoms. The molecule has 1 aliphatic rings. The van der Waals surface area contributed by atoms with Gasteiger partial charge in [-0.2, -0.15) is 0 Å². The van der Waals surface area contributed by atoms with E-state index in [0.717, 1.165) is 50.7 Å². The van der Waals surface area contributed by atoms with E-state index in [-0.39, 0.29) is 5.60 Å². The highest BCUT2D eigenvalue weighted by atomic mass is 32.1. The van der Waals surface area contributed by atoms with Crippen LogP contribution in [-0.4, -0.2) is 45.0 Å². The number of hydrogen-bond acceptors (Lipinski definition) is 5. The molecule has 3 heterocycles. The van der Waals surface area contributed by atoms with Crippen LogP contribution in [0.1, 0.15) is 23.5 Å². The number of guanidine groups is 1. The van der Waals surface area contributed by atoms with Gasteiger partial charge >= 0.3 is 0 Å². The zero-order chi connectivity index (χ0) is 18.1. The highest BCUT2D eigenvalue weighted by Crippen LogP contribution is 2.23. The minimum Gasteiger partial charge on any atom is -0.469 e. The Morgan fingerprint density at radius 2 is 2.15 bits per heavy atom. The molecule has 2 N–H and O–H groups in total. The molecule has 0 saturated carbocycles. The molecule has 0 radical (unpaired) electrons. The third kappa shape index (κ3) is 5.59. The molecule has 0 amide bonds. The van der Waals surface area contributed by atoms with Gasteiger partial charge in [-0.1, -0.05) is 6.07 Å². The van der Waals surface area contributed by atoms with Crippen LogP contribution >= 0.6 is 11.3 Å². The summed E-state index contributed by atoms with van der Waals surface area (Å²) in [5.74, 6) is 1.76. The topological polar surface area (TPSA) is 68.0 Å². The van der Waals surface area contributed by atoms with Gasteiger partial charge in [0.1, 0.15) is 5.76 Å². The average molecular weight is 378 g/mol. The van der Waals surface area contributed by atoms with Gasteiger partial charge in [-0.05, 0) is 23.6 Å². The fraction of sp³-hybridized carbons (Fsp3) is 0.526. The zero-order valence-electron chi connectivity index (χ0n) is 15.2. The minimum atomic E-state index is -0.190. The Hall–Kier alpha value is -1.83. The lowest BCUT2D eigenvalue weighted by Gasteiger charge is -2.36. The van der Waals surface area contributed by atoms with Crippen LogP contribution in [0.25, 0.3) is 0 Å². The van der Waals surface area contributed by atoms with Crippen LogP contribution in [-0.2, 0) is 22.4 Å². The smallest absolute Gasteiger partial charge is 0.191 e. The van der Waals surface area contributed by atoms with E-state index in [1.54, 1.807) is 24.7 Å². The first-order chi connectivity index (χ1) is 12.8. The van der Waals surface area contributed by atoms with E-state index in [0.29, 0.717) is 13.1 Å². The number of thiophene rings is 1. The van der Waals surface area contributed by atoms with Crippen molar-refractivity contribution in [1.82, 2.24) is 10.6 Å². The lowest BCUT2D eigenvalue weighted by atomic mass is 9.94. The highest BCUT2D eigenvalue weighted by molar-refractivity contribution is 7.09. The molecule has 1 aliphatic heterocycles. The van der Waals surface area contributed by atoms with Gasteiger partial charge in [-0.25, -0.2) is 4.99 Å². The van der Waals surface area contributed by atoms with E-state index in [1.165, 1.54) is 4.88 Å². The zero-order valence-corrected chi connectivity index (χ0v) is 16.0. The van der Waals surface area contributed by atoms with Crippen molar-refractivity contribution >= 4 is 17.3 Å². The predicted octanol–water partition coefficient (Wildman–Crippen LogP) is 2.81. The predicted molar refractivity (Wildman–Crippen MR) is 104 cm³/mol. The Bertz CT molecular complexity index is 650. The van der Waals surface area contributed by atoms with Crippen molar-refractivity contribution in [2.75, 3.05) is 33.4 Å². The Morgan fingerprint density at radius 3 is 2.85 bits per heavy atom. The van der Waals surface area contributed by atoms with Crippen LogP contribution in [0.15, 0.2) is 45.3 Å². The van der Waals surface area contributed by atoms with E-state index in [4.69, 9.17) is 18.9 Å². The summed E-state index contributed by atoms with van der Waals surface area (Å²) in [5, 5.41) is 8.93. The van der Waals surface area contributed by atoms with E-state index < -0.39 is 0 Å². The number of ether oxygens (including phenoxy) is 2. The van der Waals surface area contributed by atoms with Crippen molar-refractivity contribution < 1.29 is 13.9 Å². The SMILES string of the molecule is COC1(CNC(=NCc2cccs2)NCCc2ccco2)CCOCC1. The molecule has 6 nitrogen and oxygen atoms in total. The Balaban J connectivity index is 1.56. The van der Waals surface area contributed by atoms with E-state index in [9.17, 15) is 0 Å². The summed E-state index contributed by atoms with van der Waals surface area (Å²) in [6.45, 7) is 3.61. The van der Waals surface area contributed by atoms with Gasteiger partial charge in [0, 0.05) is 57.6 Å². The first-order valence-electron chi connectivity index (χ1n) is 8.99. The van der Waals surface area contributed by atoms with Gasteiger partial charge in [0.15, 0.2) is 5.96 Å². The normalized spacial score (nSPS) is 17.2. The molecular formula is C19H27N3O3S. The third-order valence-corrected chi connectivity index (χ3v) is 5.49. The van der Waals surface area contributed by atoms with Crippen molar-refractivity contribution in [2.24, 2.45) is 4.99 Å². The maximum Gasteiger partial charge on any atom is 0.191 e. The van der Waals surface area contributed by atoms with Crippen LogP contribution in [0.2, 0.25) is 0 Å². The van der Waals surface area contributed by atoms with Crippen LogP contribution in [0, 0.1) is 0 Å². The monoisotopic (exact) mass is 377 g/mol. The van der Waals surface area contributed by atoms with E-state index in [1.807, 2.05) is 12.1 Å². The molecule has 3 rings (SSSR count). The van der Waals surface area contributed by atoms with Crippen molar-refractivity contribution in [1.29, 1.82) is 0 Å². The van der Waals surface area contributed by atoms with Crippen LogP contribution in [0.5, 0.6) is 0 Å². The molecular weight excluding hydrogens is 350 g/mol. The van der Waals surface area contributed by atoms with Crippen molar-refractivity contribution in [3.8, 4) is 0 Å². The second kappa shape index (κ2) is 9.75. The molecule has 0 aliphatic carbocycles. The first-order valence-corrected chi connectivity index (χ1v) is 9.87. The summed E-state index contributed by atoms with van der Waals surface area (Å²) in [6.07, 6.45) is 4.30.